The summed E-state index contributed by atoms with van der Waals surface area (Å²) in [5.41, 5.74) is -0.0793. The van der Waals surface area contributed by atoms with E-state index in [1.807, 2.05) is 0 Å². The minimum Gasteiger partial charge on any atom is -0.363 e. The minimum absolute atomic E-state index is 0.0793. The first-order valence-electron chi connectivity index (χ1n) is 6.09. The second-order valence-electron chi connectivity index (χ2n) is 5.10. The predicted molar refractivity (Wildman–Crippen MR) is 68.9 cm³/mol. The molecule has 0 spiro atoms. The number of aromatic nitrogens is 1. The van der Waals surface area contributed by atoms with Crippen molar-refractivity contribution in [2.24, 2.45) is 5.92 Å². The van der Waals surface area contributed by atoms with Gasteiger partial charge >= 0.3 is 0 Å². The molecule has 1 aromatic heterocycles. The Labute approximate surface area is 107 Å². The van der Waals surface area contributed by atoms with Crippen molar-refractivity contribution in [1.82, 2.24) is 4.98 Å². The Morgan fingerprint density at radius 3 is 3.00 bits per heavy atom. The van der Waals surface area contributed by atoms with Gasteiger partial charge in [0.05, 0.1) is 11.7 Å². The molecule has 4 heteroatoms. The highest BCUT2D eigenvalue weighted by Crippen LogP contribution is 2.35. The van der Waals surface area contributed by atoms with E-state index in [9.17, 15) is 4.39 Å². The molecule has 2 unspecified atom stereocenters. The quantitative estimate of drug-likeness (QED) is 0.832. The van der Waals surface area contributed by atoms with Gasteiger partial charge in [0.15, 0.2) is 0 Å². The average molecular weight is 257 g/mol. The molecule has 1 aromatic rings. The Bertz CT molecular complexity index is 368. The van der Waals surface area contributed by atoms with Gasteiger partial charge in [0, 0.05) is 5.88 Å². The van der Waals surface area contributed by atoms with Crippen molar-refractivity contribution >= 4 is 17.4 Å². The van der Waals surface area contributed by atoms with Crippen molar-refractivity contribution in [2.75, 3.05) is 11.2 Å². The highest BCUT2D eigenvalue weighted by atomic mass is 35.5. The van der Waals surface area contributed by atoms with Crippen molar-refractivity contribution in [2.45, 2.75) is 38.1 Å². The third-order valence-corrected chi connectivity index (χ3v) is 3.98. The summed E-state index contributed by atoms with van der Waals surface area (Å²) in [6, 6.07) is 3.09. The summed E-state index contributed by atoms with van der Waals surface area (Å²) >= 11 is 6.12. The summed E-state index contributed by atoms with van der Waals surface area (Å²) in [4.78, 5) is 4.05. The third-order valence-electron chi connectivity index (χ3n) is 3.47. The Morgan fingerprint density at radius 2 is 2.41 bits per heavy atom. The predicted octanol–water partition coefficient (Wildman–Crippen LogP) is 3.82. The molecule has 1 N–H and O–H groups in total. The summed E-state index contributed by atoms with van der Waals surface area (Å²) in [5.74, 6) is 1.64. The molecular weight excluding hydrogens is 239 g/mol. The van der Waals surface area contributed by atoms with Gasteiger partial charge < -0.3 is 5.32 Å². The molecular formula is C13H18ClFN2. The topological polar surface area (TPSA) is 24.9 Å². The lowest BCUT2D eigenvalue weighted by Gasteiger charge is -2.39. The van der Waals surface area contributed by atoms with Gasteiger partial charge in [-0.2, -0.15) is 0 Å². The number of anilines is 1. The zero-order chi connectivity index (χ0) is 12.3. The number of nitrogens with zero attached hydrogens (tertiary/aromatic N) is 1. The molecule has 0 aliphatic heterocycles. The first-order valence-corrected chi connectivity index (χ1v) is 6.63. The van der Waals surface area contributed by atoms with Crippen LogP contribution in [0, 0.1) is 11.7 Å². The van der Waals surface area contributed by atoms with E-state index < -0.39 is 0 Å². The van der Waals surface area contributed by atoms with Gasteiger partial charge in [-0.05, 0) is 30.9 Å². The summed E-state index contributed by atoms with van der Waals surface area (Å²) < 4.78 is 12.8. The minimum atomic E-state index is -0.313. The van der Waals surface area contributed by atoms with E-state index in [4.69, 9.17) is 11.6 Å². The van der Waals surface area contributed by atoms with Crippen LogP contribution < -0.4 is 5.32 Å². The second-order valence-corrected chi connectivity index (χ2v) is 5.37. The number of hydrogen-bond acceptors (Lipinski definition) is 2. The zero-order valence-corrected chi connectivity index (χ0v) is 10.8. The lowest BCUT2D eigenvalue weighted by molar-refractivity contribution is 0.279. The van der Waals surface area contributed by atoms with Gasteiger partial charge in [0.25, 0.3) is 0 Å². The van der Waals surface area contributed by atoms with Crippen molar-refractivity contribution in [3.63, 3.8) is 0 Å². The Balaban J connectivity index is 2.10. The number of nitrogens with one attached hydrogen (secondary N) is 1. The fourth-order valence-electron chi connectivity index (χ4n) is 2.65. The van der Waals surface area contributed by atoms with E-state index in [1.54, 1.807) is 6.07 Å². The molecule has 0 aromatic carbocycles. The second kappa shape index (κ2) is 5.21. The maximum atomic E-state index is 12.8. The summed E-state index contributed by atoms with van der Waals surface area (Å²) in [6.45, 7) is 2.25. The molecule has 1 fully saturated rings. The Hall–Kier alpha value is -0.830. The molecule has 0 amide bonds. The van der Waals surface area contributed by atoms with Crippen LogP contribution in [0.1, 0.15) is 32.6 Å². The summed E-state index contributed by atoms with van der Waals surface area (Å²) in [6.07, 6.45) is 5.78. The van der Waals surface area contributed by atoms with Crippen LogP contribution in [-0.4, -0.2) is 16.4 Å². The molecule has 2 atom stereocenters. The SMILES string of the molecule is CC1CCCC(CCl)(Nc2ccc(F)cn2)C1. The molecule has 0 bridgehead atoms. The first kappa shape index (κ1) is 12.6. The van der Waals surface area contributed by atoms with Crippen LogP contribution >= 0.6 is 11.6 Å². The highest BCUT2D eigenvalue weighted by Gasteiger charge is 2.34. The molecule has 2 rings (SSSR count). The number of alkyl halides is 1. The first-order chi connectivity index (χ1) is 8.13. The van der Waals surface area contributed by atoms with Gasteiger partial charge in [0.1, 0.15) is 11.6 Å². The van der Waals surface area contributed by atoms with Gasteiger partial charge in [-0.1, -0.05) is 19.8 Å². The average Bonchev–Trinajstić information content (AvgIpc) is 2.32. The number of pyridine rings is 1. The van der Waals surface area contributed by atoms with Gasteiger partial charge in [-0.3, -0.25) is 0 Å². The fourth-order valence-corrected chi connectivity index (χ4v) is 2.96. The summed E-state index contributed by atoms with van der Waals surface area (Å²) in [5, 5.41) is 3.39. The van der Waals surface area contributed by atoms with Gasteiger partial charge in [-0.15, -0.1) is 11.6 Å². The monoisotopic (exact) mass is 256 g/mol. The molecule has 2 nitrogen and oxygen atoms in total. The molecule has 1 aliphatic carbocycles. The fraction of sp³-hybridized carbons (Fsp3) is 0.615. The van der Waals surface area contributed by atoms with Crippen molar-refractivity contribution in [3.8, 4) is 0 Å². The highest BCUT2D eigenvalue weighted by molar-refractivity contribution is 6.18. The largest absolute Gasteiger partial charge is 0.363 e. The van der Waals surface area contributed by atoms with Crippen LogP contribution in [0.3, 0.4) is 0 Å². The van der Waals surface area contributed by atoms with Crippen LogP contribution in [0.2, 0.25) is 0 Å². The van der Waals surface area contributed by atoms with E-state index >= 15 is 0 Å². The van der Waals surface area contributed by atoms with Crippen molar-refractivity contribution < 1.29 is 4.39 Å². The molecule has 17 heavy (non-hydrogen) atoms. The van der Waals surface area contributed by atoms with Crippen LogP contribution in [0.25, 0.3) is 0 Å². The van der Waals surface area contributed by atoms with E-state index in [2.05, 4.69) is 17.2 Å². The van der Waals surface area contributed by atoms with Gasteiger partial charge in [0.2, 0.25) is 0 Å². The lowest BCUT2D eigenvalue weighted by atomic mass is 9.77. The van der Waals surface area contributed by atoms with Gasteiger partial charge in [-0.25, -0.2) is 9.37 Å². The van der Waals surface area contributed by atoms with Crippen LogP contribution in [-0.2, 0) is 0 Å². The Kier molecular flexibility index (Phi) is 3.87. The lowest BCUT2D eigenvalue weighted by Crippen LogP contribution is -2.44. The number of halogens is 2. The molecule has 94 valence electrons. The van der Waals surface area contributed by atoms with Crippen molar-refractivity contribution in [1.29, 1.82) is 0 Å². The molecule has 1 saturated carbocycles. The normalized spacial score (nSPS) is 29.0. The molecule has 0 radical (unpaired) electrons. The van der Waals surface area contributed by atoms with E-state index in [0.717, 1.165) is 12.8 Å². The molecule has 1 aliphatic rings. The zero-order valence-electron chi connectivity index (χ0n) is 10.0. The van der Waals surface area contributed by atoms with Crippen LogP contribution in [0.15, 0.2) is 18.3 Å². The third kappa shape index (κ3) is 3.09. The van der Waals surface area contributed by atoms with Crippen LogP contribution in [0.4, 0.5) is 10.2 Å². The van der Waals surface area contributed by atoms with E-state index in [0.29, 0.717) is 17.6 Å². The molecule has 0 saturated heterocycles. The number of rotatable bonds is 3. The van der Waals surface area contributed by atoms with E-state index in [1.165, 1.54) is 25.1 Å². The van der Waals surface area contributed by atoms with Crippen molar-refractivity contribution in [3.05, 3.63) is 24.1 Å². The maximum absolute atomic E-state index is 12.8. The maximum Gasteiger partial charge on any atom is 0.141 e. The smallest absolute Gasteiger partial charge is 0.141 e. The standard InChI is InChI=1S/C13H18ClFN2/c1-10-3-2-6-13(7-10,9-14)17-12-5-4-11(15)8-16-12/h4-5,8,10H,2-3,6-7,9H2,1H3,(H,16,17). The number of hydrogen-bond donors (Lipinski definition) is 1. The van der Waals surface area contributed by atoms with E-state index in [-0.39, 0.29) is 11.4 Å². The Morgan fingerprint density at radius 1 is 1.59 bits per heavy atom. The molecule has 1 heterocycles. The van der Waals surface area contributed by atoms with Crippen LogP contribution in [0.5, 0.6) is 0 Å². The summed E-state index contributed by atoms with van der Waals surface area (Å²) in [7, 11) is 0.